The number of H-pyrrole nitrogens is 1. The normalized spacial score (nSPS) is 16.4. The molecule has 0 spiro atoms. The Morgan fingerprint density at radius 2 is 2.55 bits per heavy atom. The van der Waals surface area contributed by atoms with E-state index in [-0.39, 0.29) is 5.69 Å². The van der Waals surface area contributed by atoms with Crippen molar-refractivity contribution in [3.05, 3.63) is 22.7 Å². The fourth-order valence-electron chi connectivity index (χ4n) is 0.827. The third-order valence-corrected chi connectivity index (χ3v) is 1.54. The van der Waals surface area contributed by atoms with E-state index in [0.717, 1.165) is 0 Å². The summed E-state index contributed by atoms with van der Waals surface area (Å²) >= 11 is 0. The van der Waals surface area contributed by atoms with Crippen LogP contribution < -0.4 is 11.0 Å². The first-order chi connectivity index (χ1) is 5.34. The fraction of sp³-hybridized carbons (Fsp3) is 0.429. The average Bonchev–Trinajstić information content (AvgIpc) is 2.71. The van der Waals surface area contributed by atoms with Crippen LogP contribution in [0.25, 0.3) is 0 Å². The minimum atomic E-state index is -0.327. The second-order valence-electron chi connectivity index (χ2n) is 2.62. The number of rotatable bonds is 2. The van der Waals surface area contributed by atoms with Gasteiger partial charge in [-0.05, 0) is 12.8 Å². The van der Waals surface area contributed by atoms with Crippen LogP contribution in [0.4, 0.5) is 5.82 Å². The highest BCUT2D eigenvalue weighted by molar-refractivity contribution is 5.33. The Balaban J connectivity index is 2.16. The number of nitrogens with zero attached hydrogens (tertiary/aromatic N) is 1. The molecule has 1 aromatic heterocycles. The Morgan fingerprint density at radius 3 is 3.18 bits per heavy atom. The highest BCUT2D eigenvalue weighted by atomic mass is 16.1. The van der Waals surface area contributed by atoms with Gasteiger partial charge in [0.05, 0.1) is 0 Å². The maximum absolute atomic E-state index is 10.7. The average molecular weight is 150 g/mol. The van der Waals surface area contributed by atoms with E-state index in [1.165, 1.54) is 19.0 Å². The minimum absolute atomic E-state index is 0.327. The van der Waals surface area contributed by atoms with Crippen LogP contribution in [0, 0.1) is 6.07 Å². The Kier molecular flexibility index (Phi) is 1.38. The summed E-state index contributed by atoms with van der Waals surface area (Å²) in [5, 5.41) is 3.07. The van der Waals surface area contributed by atoms with Crippen molar-refractivity contribution < 1.29 is 0 Å². The second kappa shape index (κ2) is 2.38. The molecule has 4 nitrogen and oxygen atoms in total. The lowest BCUT2D eigenvalue weighted by Gasteiger charge is -1.98. The quantitative estimate of drug-likeness (QED) is 0.630. The van der Waals surface area contributed by atoms with E-state index in [4.69, 9.17) is 0 Å². The Bertz CT molecular complexity index is 303. The predicted octanol–water partition coefficient (Wildman–Crippen LogP) is 0.144. The largest absolute Gasteiger partial charge is 0.367 e. The van der Waals surface area contributed by atoms with Crippen LogP contribution in [0.5, 0.6) is 0 Å². The van der Waals surface area contributed by atoms with Gasteiger partial charge in [0.25, 0.3) is 0 Å². The number of anilines is 1. The molecule has 0 unspecified atom stereocenters. The second-order valence-corrected chi connectivity index (χ2v) is 2.62. The number of hydrogen-bond acceptors (Lipinski definition) is 3. The molecule has 1 saturated carbocycles. The van der Waals surface area contributed by atoms with Crippen molar-refractivity contribution in [3.8, 4) is 0 Å². The maximum Gasteiger partial charge on any atom is 0.346 e. The van der Waals surface area contributed by atoms with Gasteiger partial charge in [0.2, 0.25) is 0 Å². The first kappa shape index (κ1) is 6.39. The molecule has 0 bridgehead atoms. The molecule has 1 heterocycles. The molecule has 4 heteroatoms. The molecule has 2 rings (SSSR count). The molecule has 0 saturated heterocycles. The van der Waals surface area contributed by atoms with E-state index < -0.39 is 0 Å². The molecular formula is C7H8N3O. The van der Waals surface area contributed by atoms with E-state index in [9.17, 15) is 4.79 Å². The maximum atomic E-state index is 10.7. The van der Waals surface area contributed by atoms with E-state index in [2.05, 4.69) is 21.4 Å². The van der Waals surface area contributed by atoms with Gasteiger partial charge in [0.1, 0.15) is 5.82 Å². The molecule has 0 aliphatic heterocycles. The van der Waals surface area contributed by atoms with E-state index in [1.54, 1.807) is 0 Å². The monoisotopic (exact) mass is 150 g/mol. The molecule has 1 aliphatic carbocycles. The standard InChI is InChI=1S/C7H8N3O/c11-7-8-4-3-6(10-7)9-5-1-2-5/h4-5H,1-2H2,(H2,8,9,10,11). The molecule has 2 N–H and O–H groups in total. The van der Waals surface area contributed by atoms with Crippen LogP contribution in [0.1, 0.15) is 12.8 Å². The summed E-state index contributed by atoms with van der Waals surface area (Å²) in [5.74, 6) is 0.552. The van der Waals surface area contributed by atoms with Crippen molar-refractivity contribution in [1.29, 1.82) is 0 Å². The van der Waals surface area contributed by atoms with Gasteiger partial charge in [-0.15, -0.1) is 0 Å². The summed E-state index contributed by atoms with van der Waals surface area (Å²) in [7, 11) is 0. The summed E-state index contributed by atoms with van der Waals surface area (Å²) < 4.78 is 0. The Morgan fingerprint density at radius 1 is 1.73 bits per heavy atom. The summed E-state index contributed by atoms with van der Waals surface area (Å²) in [6, 6.07) is 3.32. The highest BCUT2D eigenvalue weighted by Gasteiger charge is 2.21. The van der Waals surface area contributed by atoms with Crippen molar-refractivity contribution >= 4 is 5.82 Å². The predicted molar refractivity (Wildman–Crippen MR) is 40.3 cm³/mol. The Hall–Kier alpha value is -1.32. The number of nitrogens with one attached hydrogen (secondary N) is 2. The van der Waals surface area contributed by atoms with Crippen molar-refractivity contribution in [2.24, 2.45) is 0 Å². The zero-order valence-electron chi connectivity index (χ0n) is 5.92. The van der Waals surface area contributed by atoms with E-state index >= 15 is 0 Å². The summed E-state index contributed by atoms with van der Waals surface area (Å²) in [5.41, 5.74) is -0.327. The van der Waals surface area contributed by atoms with Crippen LogP contribution in [-0.4, -0.2) is 16.0 Å². The van der Waals surface area contributed by atoms with Gasteiger partial charge in [-0.2, -0.15) is 4.98 Å². The first-order valence-electron chi connectivity index (χ1n) is 3.58. The topological polar surface area (TPSA) is 57.8 Å². The van der Waals surface area contributed by atoms with Crippen LogP contribution in [0.2, 0.25) is 0 Å². The lowest BCUT2D eigenvalue weighted by atomic mass is 10.5. The summed E-state index contributed by atoms with van der Waals surface area (Å²) in [4.78, 5) is 16.7. The van der Waals surface area contributed by atoms with Gasteiger partial charge in [0, 0.05) is 18.3 Å². The molecule has 1 fully saturated rings. The van der Waals surface area contributed by atoms with Crippen LogP contribution in [0.3, 0.4) is 0 Å². The third-order valence-electron chi connectivity index (χ3n) is 1.54. The molecule has 1 aromatic rings. The van der Waals surface area contributed by atoms with Gasteiger partial charge in [-0.3, -0.25) is 0 Å². The zero-order valence-corrected chi connectivity index (χ0v) is 5.92. The molecule has 0 aromatic carbocycles. The minimum Gasteiger partial charge on any atom is -0.367 e. The third kappa shape index (κ3) is 1.58. The van der Waals surface area contributed by atoms with Crippen molar-refractivity contribution in [2.45, 2.75) is 18.9 Å². The molecule has 1 radical (unpaired) electrons. The molecule has 57 valence electrons. The number of aromatic nitrogens is 2. The smallest absolute Gasteiger partial charge is 0.346 e. The summed E-state index contributed by atoms with van der Waals surface area (Å²) in [6.45, 7) is 0. The van der Waals surface area contributed by atoms with Gasteiger partial charge in [0.15, 0.2) is 0 Å². The Labute approximate surface area is 63.7 Å². The highest BCUT2D eigenvalue weighted by Crippen LogP contribution is 2.22. The van der Waals surface area contributed by atoms with Gasteiger partial charge < -0.3 is 10.3 Å². The van der Waals surface area contributed by atoms with Crippen LogP contribution in [0.15, 0.2) is 11.0 Å². The molecule has 0 amide bonds. The van der Waals surface area contributed by atoms with Gasteiger partial charge in [-0.1, -0.05) is 0 Å². The molecule has 11 heavy (non-hydrogen) atoms. The lowest BCUT2D eigenvalue weighted by molar-refractivity contribution is 1.03. The number of hydrogen-bond donors (Lipinski definition) is 2. The van der Waals surface area contributed by atoms with Crippen LogP contribution in [-0.2, 0) is 0 Å². The van der Waals surface area contributed by atoms with Crippen molar-refractivity contribution in [1.82, 2.24) is 9.97 Å². The van der Waals surface area contributed by atoms with Gasteiger partial charge in [-0.25, -0.2) is 4.79 Å². The zero-order chi connectivity index (χ0) is 7.68. The van der Waals surface area contributed by atoms with Gasteiger partial charge >= 0.3 is 5.69 Å². The summed E-state index contributed by atoms with van der Waals surface area (Å²) in [6.07, 6.45) is 3.81. The first-order valence-corrected chi connectivity index (χ1v) is 3.58. The number of aromatic amines is 1. The van der Waals surface area contributed by atoms with Crippen LogP contribution >= 0.6 is 0 Å². The molecule has 0 atom stereocenters. The fourth-order valence-corrected chi connectivity index (χ4v) is 0.827. The van der Waals surface area contributed by atoms with Crippen molar-refractivity contribution in [2.75, 3.05) is 5.32 Å². The SMILES string of the molecule is O=c1nc(NC2CC2)[c]c[nH]1. The van der Waals surface area contributed by atoms with Crippen molar-refractivity contribution in [3.63, 3.8) is 0 Å². The lowest BCUT2D eigenvalue weighted by Crippen LogP contribution is -2.13. The molecular weight excluding hydrogens is 142 g/mol. The van der Waals surface area contributed by atoms with E-state index in [1.807, 2.05) is 0 Å². The molecule has 1 aliphatic rings. The van der Waals surface area contributed by atoms with E-state index in [0.29, 0.717) is 11.9 Å².